The van der Waals surface area contributed by atoms with Gasteiger partial charge in [-0.2, -0.15) is 18.3 Å². The number of amides is 4. The quantitative estimate of drug-likeness (QED) is 0.240. The van der Waals surface area contributed by atoms with E-state index in [9.17, 15) is 41.5 Å². The molecule has 3 heterocycles. The van der Waals surface area contributed by atoms with Crippen LogP contribution in [0.25, 0.3) is 0 Å². The summed E-state index contributed by atoms with van der Waals surface area (Å²) in [7, 11) is 0. The first-order chi connectivity index (χ1) is 24.6. The largest absolute Gasteiger partial charge is 0.462 e. The van der Waals surface area contributed by atoms with E-state index in [1.165, 1.54) is 37.1 Å². The minimum Gasteiger partial charge on any atom is -0.462 e. The Balaban J connectivity index is 1.64. The van der Waals surface area contributed by atoms with Crippen LogP contribution in [0.15, 0.2) is 47.7 Å². The van der Waals surface area contributed by atoms with E-state index >= 15 is 0 Å². The lowest BCUT2D eigenvalue weighted by Gasteiger charge is -2.41. The van der Waals surface area contributed by atoms with Crippen molar-refractivity contribution in [1.29, 1.82) is 0 Å². The number of halogens is 4. The van der Waals surface area contributed by atoms with Crippen LogP contribution in [0.2, 0.25) is 0 Å². The van der Waals surface area contributed by atoms with Gasteiger partial charge in [0.05, 0.1) is 17.9 Å². The number of aromatic nitrogens is 1. The maximum Gasteiger partial charge on any atom is 0.408 e. The van der Waals surface area contributed by atoms with Gasteiger partial charge in [-0.15, -0.1) is 0 Å². The summed E-state index contributed by atoms with van der Waals surface area (Å²) >= 11 is 0. The van der Waals surface area contributed by atoms with E-state index in [-0.39, 0.29) is 56.7 Å². The fourth-order valence-electron chi connectivity index (χ4n) is 6.09. The van der Waals surface area contributed by atoms with Gasteiger partial charge in [0.15, 0.2) is 0 Å². The van der Waals surface area contributed by atoms with E-state index in [0.29, 0.717) is 16.3 Å². The summed E-state index contributed by atoms with van der Waals surface area (Å²) in [5.74, 6) is -4.08. The molecule has 2 aromatic rings. The average Bonchev–Trinajstić information content (AvgIpc) is 3.30. The number of carbonyl (C=O) groups is 5. The number of carbonyl (C=O) groups excluding carboxylic acids is 5. The highest BCUT2D eigenvalue weighted by Crippen LogP contribution is 2.39. The fraction of sp³-hybridized carbons (Fsp3) is 0.528. The van der Waals surface area contributed by atoms with Crippen molar-refractivity contribution in [3.05, 3.63) is 65.2 Å². The maximum atomic E-state index is 14.9. The number of benzene rings is 1. The van der Waals surface area contributed by atoms with Crippen LogP contribution in [0, 0.1) is 11.2 Å². The zero-order chi connectivity index (χ0) is 39.4. The number of alkyl carbamates (subject to hydrolysis) is 1. The molecule has 0 bridgehead atoms. The third-order valence-corrected chi connectivity index (χ3v) is 8.60. The molecule has 13 nitrogen and oxygen atoms in total. The molecule has 1 saturated heterocycles. The molecule has 1 unspecified atom stereocenters. The van der Waals surface area contributed by atoms with E-state index in [0.717, 1.165) is 6.07 Å². The highest BCUT2D eigenvalue weighted by Gasteiger charge is 2.56. The number of alkyl halides is 3. The van der Waals surface area contributed by atoms with E-state index in [1.807, 2.05) is 0 Å². The van der Waals surface area contributed by atoms with Gasteiger partial charge in [0.1, 0.15) is 35.0 Å². The van der Waals surface area contributed by atoms with Gasteiger partial charge < -0.3 is 25.0 Å². The highest BCUT2D eigenvalue weighted by molar-refractivity contribution is 6.14. The predicted molar refractivity (Wildman–Crippen MR) is 183 cm³/mol. The summed E-state index contributed by atoms with van der Waals surface area (Å²) in [5.41, 5.74) is -3.46. The second kappa shape index (κ2) is 15.9. The van der Waals surface area contributed by atoms with Crippen LogP contribution in [0.4, 0.5) is 22.4 Å². The Bertz CT molecular complexity index is 1750. The molecule has 4 rings (SSSR count). The van der Waals surface area contributed by atoms with Crippen molar-refractivity contribution in [2.45, 2.75) is 90.6 Å². The number of pyridine rings is 1. The number of nitrogens with zero attached hydrogens (tertiary/aromatic N) is 4. The van der Waals surface area contributed by atoms with Crippen molar-refractivity contribution in [2.75, 3.05) is 26.2 Å². The first-order valence-electron chi connectivity index (χ1n) is 17.1. The van der Waals surface area contributed by atoms with Crippen LogP contribution in [0.1, 0.15) is 76.0 Å². The number of hydrogen-bond acceptors (Lipinski definition) is 9. The molecule has 0 aliphatic carbocycles. The number of esters is 1. The number of aryl methyl sites for hydroxylation is 1. The third-order valence-electron chi connectivity index (χ3n) is 8.60. The zero-order valence-electron chi connectivity index (χ0n) is 30.4. The molecule has 1 fully saturated rings. The first-order valence-corrected chi connectivity index (χ1v) is 17.1. The van der Waals surface area contributed by atoms with E-state index in [1.54, 1.807) is 45.9 Å². The second-order valence-corrected chi connectivity index (χ2v) is 14.5. The molecule has 0 spiro atoms. The summed E-state index contributed by atoms with van der Waals surface area (Å²) in [6, 6.07) is 7.44. The summed E-state index contributed by atoms with van der Waals surface area (Å²) in [5, 5.41) is 9.59. The summed E-state index contributed by atoms with van der Waals surface area (Å²) < 4.78 is 65.5. The smallest absolute Gasteiger partial charge is 0.408 e. The number of hydrogen-bond donors (Lipinski definition) is 2. The average molecular weight is 749 g/mol. The summed E-state index contributed by atoms with van der Waals surface area (Å²) in [6.07, 6.45) is -4.41. The Hall–Kier alpha value is -5.09. The molecule has 0 saturated carbocycles. The maximum absolute atomic E-state index is 14.9. The topological polar surface area (TPSA) is 160 Å². The van der Waals surface area contributed by atoms with Crippen LogP contribution >= 0.6 is 0 Å². The molecule has 2 aliphatic rings. The minimum absolute atomic E-state index is 0.0224. The van der Waals surface area contributed by atoms with Crippen LogP contribution in [0.3, 0.4) is 0 Å². The lowest BCUT2D eigenvalue weighted by Crippen LogP contribution is -2.62. The van der Waals surface area contributed by atoms with Gasteiger partial charge in [0, 0.05) is 37.8 Å². The Morgan fingerprint density at radius 2 is 1.77 bits per heavy atom. The van der Waals surface area contributed by atoms with Gasteiger partial charge in [-0.1, -0.05) is 12.1 Å². The third kappa shape index (κ3) is 10.3. The van der Waals surface area contributed by atoms with Gasteiger partial charge in [-0.05, 0) is 84.2 Å². The molecule has 2 N–H and O–H groups in total. The van der Waals surface area contributed by atoms with Crippen molar-refractivity contribution in [3.63, 3.8) is 0 Å². The van der Waals surface area contributed by atoms with Crippen molar-refractivity contribution >= 4 is 35.5 Å². The van der Waals surface area contributed by atoms with Crippen LogP contribution < -0.4 is 10.6 Å². The minimum atomic E-state index is -4.74. The second-order valence-electron chi connectivity index (χ2n) is 14.5. The number of rotatable bonds is 12. The Labute approximate surface area is 304 Å². The monoisotopic (exact) mass is 748 g/mol. The lowest BCUT2D eigenvalue weighted by molar-refractivity contribution is -0.164. The van der Waals surface area contributed by atoms with Crippen molar-refractivity contribution in [1.82, 2.24) is 25.5 Å². The number of ether oxygens (including phenoxy) is 2. The molecule has 17 heteroatoms. The molecular formula is C36H44F4N6O7. The fourth-order valence-corrected chi connectivity index (χ4v) is 6.09. The van der Waals surface area contributed by atoms with E-state index in [2.05, 4.69) is 20.7 Å². The molecule has 4 amide bonds. The Morgan fingerprint density at radius 1 is 1.06 bits per heavy atom. The molecule has 288 valence electrons. The Kier molecular flexibility index (Phi) is 12.2. The van der Waals surface area contributed by atoms with Gasteiger partial charge in [-0.3, -0.25) is 19.4 Å². The van der Waals surface area contributed by atoms with Crippen LogP contribution in [0.5, 0.6) is 0 Å². The van der Waals surface area contributed by atoms with Crippen LogP contribution in [-0.2, 0) is 36.7 Å². The molecule has 1 aromatic carbocycles. The SMILES string of the molecule is CCOC(=O)c1ccc(CCC(NC(=O)C(C)(C)NC(=O)OC(C)(C)C)C(=O)N2CCC3=NN(CC(F)(F)F)C(=O)[C@]3(Cc3ccccn3)C2)cc1F. The number of likely N-dealkylation sites (tertiary alicyclic amines) is 1. The first kappa shape index (κ1) is 40.7. The molecule has 1 aromatic heterocycles. The van der Waals surface area contributed by atoms with E-state index in [4.69, 9.17) is 9.47 Å². The van der Waals surface area contributed by atoms with Crippen LogP contribution in [-0.4, -0.2) is 100.0 Å². The normalized spacial score (nSPS) is 18.2. The van der Waals surface area contributed by atoms with Crippen molar-refractivity contribution in [3.8, 4) is 0 Å². The van der Waals surface area contributed by atoms with Crippen molar-refractivity contribution < 1.29 is 51.0 Å². The molecule has 2 atom stereocenters. The molecular weight excluding hydrogens is 704 g/mol. The standard InChI is InChI=1S/C36H44F4N6O7/c1-7-52-29(48)24-13-11-22(18-25(24)37)12-14-26(42-30(49)34(5,6)43-32(51)53-33(2,3)4)28(47)45-17-15-27-35(20-45,19-23-10-8-9-16-41-23)31(50)46(44-27)21-36(38,39)40/h8-11,13,16,18,26H,7,12,14-15,17,19-21H2,1-6H3,(H,42,49)(H,43,51)/t26?,35-/m1/s1. The number of piperidine rings is 1. The van der Waals surface area contributed by atoms with Gasteiger partial charge in [-0.25, -0.2) is 19.0 Å². The van der Waals surface area contributed by atoms with Crippen molar-refractivity contribution in [2.24, 2.45) is 10.5 Å². The number of hydrazone groups is 1. The van der Waals surface area contributed by atoms with Gasteiger partial charge in [0.25, 0.3) is 5.91 Å². The predicted octanol–water partition coefficient (Wildman–Crippen LogP) is 4.34. The summed E-state index contributed by atoms with van der Waals surface area (Å²) in [4.78, 5) is 72.1. The lowest BCUT2D eigenvalue weighted by atomic mass is 9.74. The van der Waals surface area contributed by atoms with Gasteiger partial charge in [0.2, 0.25) is 11.8 Å². The highest BCUT2D eigenvalue weighted by atomic mass is 19.4. The Morgan fingerprint density at radius 3 is 2.38 bits per heavy atom. The summed E-state index contributed by atoms with van der Waals surface area (Å²) in [6.45, 7) is 7.34. The van der Waals surface area contributed by atoms with Gasteiger partial charge >= 0.3 is 18.2 Å². The molecule has 0 radical (unpaired) electrons. The number of fused-ring (bicyclic) bond motifs is 1. The molecule has 53 heavy (non-hydrogen) atoms. The molecule has 2 aliphatic heterocycles. The zero-order valence-corrected chi connectivity index (χ0v) is 30.4. The van der Waals surface area contributed by atoms with E-state index < -0.39 is 70.9 Å². The number of nitrogens with one attached hydrogen (secondary N) is 2.